The molecule has 0 unspecified atom stereocenters. The van der Waals surface area contributed by atoms with Crippen LogP contribution in [0.1, 0.15) is 21.6 Å². The summed E-state index contributed by atoms with van der Waals surface area (Å²) in [6.07, 6.45) is 1.13. The topological polar surface area (TPSA) is 64.0 Å². The number of carbonyl (C=O) groups excluding carboxylic acids is 1. The summed E-state index contributed by atoms with van der Waals surface area (Å²) in [6, 6.07) is 12.2. The van der Waals surface area contributed by atoms with Crippen molar-refractivity contribution in [3.05, 3.63) is 106 Å². The van der Waals surface area contributed by atoms with Crippen molar-refractivity contribution in [2.24, 2.45) is 0 Å². The molecule has 0 aliphatic carbocycles. The number of nitrogens with one attached hydrogen (secondary N) is 1. The highest BCUT2D eigenvalue weighted by Gasteiger charge is 2.22. The van der Waals surface area contributed by atoms with Gasteiger partial charge >= 0.3 is 0 Å². The molecule has 0 spiro atoms. The molecule has 156 valence electrons. The number of rotatable bonds is 4. The molecule has 0 fully saturated rings. The summed E-state index contributed by atoms with van der Waals surface area (Å²) in [5, 5.41) is 2.56. The van der Waals surface area contributed by atoms with Crippen LogP contribution in [-0.4, -0.2) is 15.5 Å². The number of nitrogens with zero attached hydrogens (tertiary/aromatic N) is 2. The normalized spacial score (nSPS) is 11.0. The van der Waals surface area contributed by atoms with Crippen LogP contribution in [0.4, 0.5) is 13.2 Å². The van der Waals surface area contributed by atoms with E-state index in [4.69, 9.17) is 0 Å². The fourth-order valence-electron chi connectivity index (χ4n) is 3.54. The zero-order chi connectivity index (χ0) is 22.1. The molecule has 4 rings (SSSR count). The summed E-state index contributed by atoms with van der Waals surface area (Å²) in [4.78, 5) is 29.7. The molecule has 31 heavy (non-hydrogen) atoms. The van der Waals surface area contributed by atoms with Crippen LogP contribution >= 0.6 is 0 Å². The summed E-state index contributed by atoms with van der Waals surface area (Å²) in [6.45, 7) is 1.57. The number of pyridine rings is 2. The molecule has 0 bridgehead atoms. The Kier molecular flexibility index (Phi) is 5.29. The summed E-state index contributed by atoms with van der Waals surface area (Å²) < 4.78 is 42.4. The first-order valence-corrected chi connectivity index (χ1v) is 9.35. The Balaban J connectivity index is 1.87. The van der Waals surface area contributed by atoms with Crippen molar-refractivity contribution in [2.75, 3.05) is 0 Å². The van der Waals surface area contributed by atoms with Crippen molar-refractivity contribution in [1.29, 1.82) is 0 Å². The number of benzene rings is 2. The molecule has 0 atom stereocenters. The minimum absolute atomic E-state index is 0.0318. The molecule has 2 aromatic carbocycles. The van der Waals surface area contributed by atoms with Crippen molar-refractivity contribution in [3.63, 3.8) is 0 Å². The zero-order valence-corrected chi connectivity index (χ0v) is 16.3. The highest BCUT2D eigenvalue weighted by atomic mass is 19.1. The van der Waals surface area contributed by atoms with Gasteiger partial charge in [-0.3, -0.25) is 14.2 Å². The Hall–Kier alpha value is -3.94. The maximum absolute atomic E-state index is 14.6. The molecule has 1 N–H and O–H groups in total. The van der Waals surface area contributed by atoms with Gasteiger partial charge in [0.05, 0.1) is 22.8 Å². The zero-order valence-electron chi connectivity index (χ0n) is 16.3. The number of amides is 1. The van der Waals surface area contributed by atoms with E-state index in [9.17, 15) is 22.8 Å². The first-order chi connectivity index (χ1) is 14.9. The first-order valence-electron chi connectivity index (χ1n) is 9.35. The van der Waals surface area contributed by atoms with E-state index in [-0.39, 0.29) is 34.3 Å². The number of halogens is 3. The van der Waals surface area contributed by atoms with Crippen LogP contribution in [0.3, 0.4) is 0 Å². The maximum Gasteiger partial charge on any atom is 0.266 e. The minimum Gasteiger partial charge on any atom is -0.348 e. The molecule has 0 aliphatic heterocycles. The van der Waals surface area contributed by atoms with Crippen LogP contribution in [0.25, 0.3) is 16.5 Å². The van der Waals surface area contributed by atoms with Crippen molar-refractivity contribution in [2.45, 2.75) is 13.5 Å². The number of aromatic nitrogens is 2. The Bertz CT molecular complexity index is 1370. The molecule has 5 nitrogen and oxygen atoms in total. The fraction of sp³-hybridized carbons (Fsp3) is 0.0870. The summed E-state index contributed by atoms with van der Waals surface area (Å²) in [7, 11) is 0. The SMILES string of the molecule is Cc1c(C(=O)NCc2cccc(F)c2)c2cccc(F)c2c(=O)n1-c1ccc(F)nc1. The Morgan fingerprint density at radius 1 is 1.06 bits per heavy atom. The van der Waals surface area contributed by atoms with Crippen LogP contribution in [0, 0.1) is 24.5 Å². The summed E-state index contributed by atoms with van der Waals surface area (Å²) >= 11 is 0. The Morgan fingerprint density at radius 2 is 1.84 bits per heavy atom. The highest BCUT2D eigenvalue weighted by Crippen LogP contribution is 2.24. The van der Waals surface area contributed by atoms with E-state index in [0.29, 0.717) is 5.56 Å². The van der Waals surface area contributed by atoms with Gasteiger partial charge in [0.1, 0.15) is 11.6 Å². The van der Waals surface area contributed by atoms with Gasteiger partial charge in [0.25, 0.3) is 11.5 Å². The Morgan fingerprint density at radius 3 is 2.55 bits per heavy atom. The average molecular weight is 423 g/mol. The van der Waals surface area contributed by atoms with Gasteiger partial charge < -0.3 is 5.32 Å². The lowest BCUT2D eigenvalue weighted by atomic mass is 10.0. The summed E-state index contributed by atoms with van der Waals surface area (Å²) in [5.74, 6) is -2.53. The standard InChI is InChI=1S/C23H16F3N3O2/c1-13-20(22(30)28-11-14-4-2-5-15(24)10-14)17-6-3-7-18(25)21(17)23(31)29(13)16-8-9-19(26)27-12-16/h2-10,12H,11H2,1H3,(H,28,30). The smallest absolute Gasteiger partial charge is 0.266 e. The number of hydrogen-bond donors (Lipinski definition) is 1. The third kappa shape index (κ3) is 3.79. The second-order valence-electron chi connectivity index (χ2n) is 6.92. The van der Waals surface area contributed by atoms with E-state index >= 15 is 0 Å². The number of carbonyl (C=O) groups is 1. The lowest BCUT2D eigenvalue weighted by Gasteiger charge is -2.17. The lowest BCUT2D eigenvalue weighted by Crippen LogP contribution is -2.30. The molecule has 0 saturated carbocycles. The van der Waals surface area contributed by atoms with E-state index in [1.165, 1.54) is 43.3 Å². The van der Waals surface area contributed by atoms with E-state index in [2.05, 4.69) is 10.3 Å². The van der Waals surface area contributed by atoms with Gasteiger partial charge in [0.2, 0.25) is 5.95 Å². The van der Waals surface area contributed by atoms with E-state index < -0.39 is 29.0 Å². The van der Waals surface area contributed by atoms with Crippen LogP contribution < -0.4 is 10.9 Å². The molecule has 0 aliphatic rings. The summed E-state index contributed by atoms with van der Waals surface area (Å²) in [5.41, 5.74) is 0.342. The molecule has 4 aromatic rings. The fourth-order valence-corrected chi connectivity index (χ4v) is 3.54. The second kappa shape index (κ2) is 8.06. The molecule has 8 heteroatoms. The second-order valence-corrected chi connectivity index (χ2v) is 6.92. The molecular formula is C23H16F3N3O2. The number of fused-ring (bicyclic) bond motifs is 1. The van der Waals surface area contributed by atoms with Crippen molar-refractivity contribution in [3.8, 4) is 5.69 Å². The third-order valence-corrected chi connectivity index (χ3v) is 4.94. The molecule has 0 radical (unpaired) electrons. The average Bonchev–Trinajstić information content (AvgIpc) is 2.73. The van der Waals surface area contributed by atoms with Crippen molar-refractivity contribution < 1.29 is 18.0 Å². The lowest BCUT2D eigenvalue weighted by molar-refractivity contribution is 0.0951. The van der Waals surface area contributed by atoms with Gasteiger partial charge in [-0.2, -0.15) is 4.39 Å². The van der Waals surface area contributed by atoms with Gasteiger partial charge in [-0.05, 0) is 42.8 Å². The van der Waals surface area contributed by atoms with Crippen molar-refractivity contribution >= 4 is 16.7 Å². The number of hydrogen-bond acceptors (Lipinski definition) is 3. The van der Waals surface area contributed by atoms with Gasteiger partial charge in [-0.25, -0.2) is 13.8 Å². The van der Waals surface area contributed by atoms with Crippen LogP contribution in [0.2, 0.25) is 0 Å². The van der Waals surface area contributed by atoms with E-state index in [1.54, 1.807) is 6.07 Å². The predicted molar refractivity (Wildman–Crippen MR) is 110 cm³/mol. The minimum atomic E-state index is -0.787. The van der Waals surface area contributed by atoms with E-state index in [0.717, 1.165) is 22.9 Å². The van der Waals surface area contributed by atoms with E-state index in [1.807, 2.05) is 0 Å². The van der Waals surface area contributed by atoms with Crippen LogP contribution in [0.15, 0.2) is 65.6 Å². The van der Waals surface area contributed by atoms with Gasteiger partial charge in [0.15, 0.2) is 0 Å². The molecule has 2 aromatic heterocycles. The quantitative estimate of drug-likeness (QED) is 0.504. The van der Waals surface area contributed by atoms with Crippen LogP contribution in [0.5, 0.6) is 0 Å². The van der Waals surface area contributed by atoms with Gasteiger partial charge in [-0.15, -0.1) is 0 Å². The molecular weight excluding hydrogens is 407 g/mol. The molecule has 2 heterocycles. The van der Waals surface area contributed by atoms with Crippen molar-refractivity contribution in [1.82, 2.24) is 14.9 Å². The monoisotopic (exact) mass is 423 g/mol. The third-order valence-electron chi connectivity index (χ3n) is 4.94. The van der Waals surface area contributed by atoms with Gasteiger partial charge in [0, 0.05) is 17.6 Å². The first kappa shape index (κ1) is 20.3. The Labute approximate surface area is 174 Å². The predicted octanol–water partition coefficient (Wildman–Crippen LogP) is 4.04. The molecule has 1 amide bonds. The largest absolute Gasteiger partial charge is 0.348 e. The van der Waals surface area contributed by atoms with Crippen LogP contribution in [-0.2, 0) is 6.54 Å². The highest BCUT2D eigenvalue weighted by molar-refractivity contribution is 6.08. The maximum atomic E-state index is 14.6. The molecule has 0 saturated heterocycles. The van der Waals surface area contributed by atoms with Gasteiger partial charge in [-0.1, -0.05) is 24.3 Å².